The molecule has 4 N–H and O–H groups in total. The van der Waals surface area contributed by atoms with Crippen molar-refractivity contribution in [3.8, 4) is 0 Å². The van der Waals surface area contributed by atoms with Crippen molar-refractivity contribution in [3.63, 3.8) is 0 Å². The van der Waals surface area contributed by atoms with E-state index in [4.69, 9.17) is 5.73 Å². The second-order valence-corrected chi connectivity index (χ2v) is 7.29. The number of amides is 1. The molecule has 2 aliphatic heterocycles. The van der Waals surface area contributed by atoms with Gasteiger partial charge in [-0.05, 0) is 24.1 Å². The van der Waals surface area contributed by atoms with Gasteiger partial charge < -0.3 is 16.4 Å². The van der Waals surface area contributed by atoms with Gasteiger partial charge in [0.2, 0.25) is 5.91 Å². The van der Waals surface area contributed by atoms with Crippen LogP contribution < -0.4 is 16.4 Å². The van der Waals surface area contributed by atoms with E-state index in [9.17, 15) is 13.2 Å². The van der Waals surface area contributed by atoms with Crippen LogP contribution in [0.15, 0.2) is 12.1 Å². The molecule has 1 fully saturated rings. The summed E-state index contributed by atoms with van der Waals surface area (Å²) in [6.07, 6.45) is 0.933. The second-order valence-electron chi connectivity index (χ2n) is 5.07. The predicted octanol–water partition coefficient (Wildman–Crippen LogP) is 0.362. The lowest BCUT2D eigenvalue weighted by molar-refractivity contribution is -0.115. The zero-order valence-electron chi connectivity index (χ0n) is 10.3. The molecule has 1 unspecified atom stereocenters. The summed E-state index contributed by atoms with van der Waals surface area (Å²) in [5, 5.41) is 5.91. The average molecular weight is 281 g/mol. The first-order valence-corrected chi connectivity index (χ1v) is 7.94. The third-order valence-corrected chi connectivity index (χ3v) is 5.26. The summed E-state index contributed by atoms with van der Waals surface area (Å²) in [5.41, 5.74) is 8.79. The monoisotopic (exact) mass is 281 g/mol. The molecule has 19 heavy (non-hydrogen) atoms. The molecule has 1 amide bonds. The van der Waals surface area contributed by atoms with Crippen LogP contribution >= 0.6 is 0 Å². The summed E-state index contributed by atoms with van der Waals surface area (Å²) >= 11 is 0. The fourth-order valence-electron chi connectivity index (χ4n) is 2.55. The maximum absolute atomic E-state index is 11.4. The summed E-state index contributed by atoms with van der Waals surface area (Å²) in [7, 11) is -2.92. The van der Waals surface area contributed by atoms with Crippen molar-refractivity contribution in [1.82, 2.24) is 0 Å². The highest BCUT2D eigenvalue weighted by molar-refractivity contribution is 7.91. The van der Waals surface area contributed by atoms with Gasteiger partial charge in [-0.2, -0.15) is 0 Å². The molecule has 1 atom stereocenters. The molecule has 3 rings (SSSR count). The van der Waals surface area contributed by atoms with Crippen LogP contribution in [-0.4, -0.2) is 31.9 Å². The van der Waals surface area contributed by atoms with E-state index in [0.29, 0.717) is 24.2 Å². The van der Waals surface area contributed by atoms with Crippen LogP contribution in [0.2, 0.25) is 0 Å². The molecule has 0 radical (unpaired) electrons. The van der Waals surface area contributed by atoms with Crippen LogP contribution in [0.5, 0.6) is 0 Å². The number of rotatable bonds is 2. The molecule has 6 nitrogen and oxygen atoms in total. The van der Waals surface area contributed by atoms with E-state index in [1.165, 1.54) is 0 Å². The van der Waals surface area contributed by atoms with Crippen LogP contribution in [0.3, 0.4) is 0 Å². The molecule has 2 heterocycles. The van der Waals surface area contributed by atoms with Gasteiger partial charge in [0.1, 0.15) is 0 Å². The predicted molar refractivity (Wildman–Crippen MR) is 73.9 cm³/mol. The Hall–Kier alpha value is -1.76. The minimum atomic E-state index is -2.92. The Kier molecular flexibility index (Phi) is 2.67. The Balaban J connectivity index is 1.83. The van der Waals surface area contributed by atoms with Gasteiger partial charge in [0.15, 0.2) is 9.84 Å². The van der Waals surface area contributed by atoms with E-state index in [0.717, 1.165) is 11.3 Å². The SMILES string of the molecule is Nc1cc2c(cc1NC1CCS(=O)(=O)C1)NC(=O)C2. The normalized spacial score (nSPS) is 24.0. The number of nitrogen functional groups attached to an aromatic ring is 1. The number of carbonyl (C=O) groups excluding carboxylic acids is 1. The summed E-state index contributed by atoms with van der Waals surface area (Å²) in [5.74, 6) is 0.303. The van der Waals surface area contributed by atoms with Crippen molar-refractivity contribution in [2.24, 2.45) is 0 Å². The van der Waals surface area contributed by atoms with Gasteiger partial charge in [-0.15, -0.1) is 0 Å². The number of anilines is 3. The van der Waals surface area contributed by atoms with E-state index in [2.05, 4.69) is 10.6 Å². The summed E-state index contributed by atoms with van der Waals surface area (Å²) in [4.78, 5) is 11.3. The molecule has 102 valence electrons. The van der Waals surface area contributed by atoms with Crippen molar-refractivity contribution in [3.05, 3.63) is 17.7 Å². The van der Waals surface area contributed by atoms with Gasteiger partial charge in [0.05, 0.1) is 29.3 Å². The minimum Gasteiger partial charge on any atom is -0.397 e. The first-order valence-electron chi connectivity index (χ1n) is 6.12. The number of sulfone groups is 1. The lowest BCUT2D eigenvalue weighted by Crippen LogP contribution is -2.21. The number of nitrogens with two attached hydrogens (primary N) is 1. The summed E-state index contributed by atoms with van der Waals surface area (Å²) < 4.78 is 22.8. The van der Waals surface area contributed by atoms with Crippen molar-refractivity contribution >= 4 is 32.8 Å². The molecule has 0 aliphatic carbocycles. The number of hydrogen-bond acceptors (Lipinski definition) is 5. The Labute approximate surface area is 111 Å². The Morgan fingerprint density at radius 1 is 1.37 bits per heavy atom. The van der Waals surface area contributed by atoms with Crippen molar-refractivity contribution in [2.45, 2.75) is 18.9 Å². The molecule has 0 saturated carbocycles. The second kappa shape index (κ2) is 4.12. The van der Waals surface area contributed by atoms with Gasteiger partial charge >= 0.3 is 0 Å². The van der Waals surface area contributed by atoms with Crippen LogP contribution in [0.25, 0.3) is 0 Å². The molecule has 0 bridgehead atoms. The number of nitrogens with one attached hydrogen (secondary N) is 2. The maximum Gasteiger partial charge on any atom is 0.228 e. The van der Waals surface area contributed by atoms with Gasteiger partial charge in [0.25, 0.3) is 0 Å². The fourth-order valence-corrected chi connectivity index (χ4v) is 4.22. The van der Waals surface area contributed by atoms with Gasteiger partial charge in [-0.25, -0.2) is 8.42 Å². The highest BCUT2D eigenvalue weighted by Gasteiger charge is 2.28. The molecule has 1 aromatic rings. The molecule has 0 spiro atoms. The van der Waals surface area contributed by atoms with E-state index < -0.39 is 9.84 Å². The maximum atomic E-state index is 11.4. The Morgan fingerprint density at radius 2 is 2.16 bits per heavy atom. The highest BCUT2D eigenvalue weighted by atomic mass is 32.2. The molecular weight excluding hydrogens is 266 g/mol. The molecule has 1 aromatic carbocycles. The molecule has 1 saturated heterocycles. The highest BCUT2D eigenvalue weighted by Crippen LogP contribution is 2.32. The van der Waals surface area contributed by atoms with Gasteiger partial charge in [-0.3, -0.25) is 4.79 Å². The zero-order valence-corrected chi connectivity index (χ0v) is 11.1. The molecule has 7 heteroatoms. The smallest absolute Gasteiger partial charge is 0.228 e. The van der Waals surface area contributed by atoms with E-state index in [1.807, 2.05) is 0 Å². The van der Waals surface area contributed by atoms with Gasteiger partial charge in [0, 0.05) is 11.7 Å². The van der Waals surface area contributed by atoms with E-state index >= 15 is 0 Å². The zero-order chi connectivity index (χ0) is 13.6. The largest absolute Gasteiger partial charge is 0.397 e. The fraction of sp³-hybridized carbons (Fsp3) is 0.417. The number of hydrogen-bond donors (Lipinski definition) is 3. The lowest BCUT2D eigenvalue weighted by atomic mass is 10.1. The topological polar surface area (TPSA) is 101 Å². The van der Waals surface area contributed by atoms with Crippen LogP contribution in [-0.2, 0) is 21.1 Å². The number of fused-ring (bicyclic) bond motifs is 1. The van der Waals surface area contributed by atoms with Crippen LogP contribution in [0.4, 0.5) is 17.1 Å². The lowest BCUT2D eigenvalue weighted by Gasteiger charge is -2.15. The summed E-state index contributed by atoms with van der Waals surface area (Å²) in [6, 6.07) is 3.43. The number of carbonyl (C=O) groups is 1. The third kappa shape index (κ3) is 2.37. The van der Waals surface area contributed by atoms with Crippen LogP contribution in [0.1, 0.15) is 12.0 Å². The first-order chi connectivity index (χ1) is 8.93. The van der Waals surface area contributed by atoms with E-state index in [1.54, 1.807) is 12.1 Å². The van der Waals surface area contributed by atoms with Crippen molar-refractivity contribution < 1.29 is 13.2 Å². The average Bonchev–Trinajstić information content (AvgIpc) is 2.81. The van der Waals surface area contributed by atoms with E-state index in [-0.39, 0.29) is 23.5 Å². The third-order valence-electron chi connectivity index (χ3n) is 3.49. The Morgan fingerprint density at radius 3 is 2.84 bits per heavy atom. The molecular formula is C12H15N3O3S. The standard InChI is InChI=1S/C12H15N3O3S/c13-9-3-7-4-12(16)15-10(7)5-11(9)14-8-1-2-19(17,18)6-8/h3,5,8,14H,1-2,4,6,13H2,(H,15,16). The first kappa shape index (κ1) is 12.3. The van der Waals surface area contributed by atoms with Gasteiger partial charge in [-0.1, -0.05) is 0 Å². The van der Waals surface area contributed by atoms with Crippen molar-refractivity contribution in [1.29, 1.82) is 0 Å². The summed E-state index contributed by atoms with van der Waals surface area (Å²) in [6.45, 7) is 0. The van der Waals surface area contributed by atoms with Crippen molar-refractivity contribution in [2.75, 3.05) is 27.9 Å². The molecule has 2 aliphatic rings. The Bertz CT molecular complexity index is 654. The quantitative estimate of drug-likeness (QED) is 0.680. The molecule has 0 aromatic heterocycles. The number of benzene rings is 1. The van der Waals surface area contributed by atoms with Crippen LogP contribution in [0, 0.1) is 0 Å². The minimum absolute atomic E-state index is 0.0463.